The largest absolute Gasteiger partial charge is 0.370 e. The van der Waals surface area contributed by atoms with Gasteiger partial charge in [-0.3, -0.25) is 9.69 Å². The van der Waals surface area contributed by atoms with E-state index in [-0.39, 0.29) is 12.5 Å². The minimum atomic E-state index is 0.0206. The number of aromatic nitrogens is 2. The Morgan fingerprint density at radius 1 is 1.45 bits per heavy atom. The quantitative estimate of drug-likeness (QED) is 0.807. The molecule has 1 aliphatic heterocycles. The molecule has 2 aliphatic rings. The van der Waals surface area contributed by atoms with Gasteiger partial charge in [-0.2, -0.15) is 0 Å². The van der Waals surface area contributed by atoms with Gasteiger partial charge in [0.2, 0.25) is 5.91 Å². The Bertz CT molecular complexity index is 536. The smallest absolute Gasteiger partial charge is 0.248 e. The second-order valence-corrected chi connectivity index (χ2v) is 6.67. The Hall–Kier alpha value is -1.40. The van der Waals surface area contributed by atoms with Gasteiger partial charge in [-0.15, -0.1) is 0 Å². The second-order valence-electron chi connectivity index (χ2n) is 6.67. The zero-order valence-electron chi connectivity index (χ0n) is 13.8. The maximum absolute atomic E-state index is 11.7. The highest BCUT2D eigenvalue weighted by molar-refractivity contribution is 5.76. The predicted octanol–water partition coefficient (Wildman–Crippen LogP) is 0.804. The van der Waals surface area contributed by atoms with Gasteiger partial charge in [-0.25, -0.2) is 4.98 Å². The van der Waals surface area contributed by atoms with Gasteiger partial charge in [0.05, 0.1) is 18.6 Å². The summed E-state index contributed by atoms with van der Waals surface area (Å²) in [6.45, 7) is 1.69. The zero-order chi connectivity index (χ0) is 15.7. The molecule has 0 aromatic carbocycles. The monoisotopic (exact) mass is 306 g/mol. The average Bonchev–Trinajstić information content (AvgIpc) is 2.78. The highest BCUT2D eigenvalue weighted by atomic mass is 16.5. The maximum atomic E-state index is 11.7. The standard InChI is InChI=1S/C16H26N4O2/c1-18(2)16(21)10-22-9-13-7-15-14(17-11-19(15)3)8-20(13)12-5-4-6-12/h11-13H,4-10H2,1-3H3. The van der Waals surface area contributed by atoms with E-state index in [0.29, 0.717) is 18.7 Å². The van der Waals surface area contributed by atoms with E-state index in [1.165, 1.54) is 30.7 Å². The first-order valence-electron chi connectivity index (χ1n) is 8.09. The number of likely N-dealkylation sites (N-methyl/N-ethyl adjacent to an activating group) is 1. The third kappa shape index (κ3) is 3.03. The minimum absolute atomic E-state index is 0.0206. The molecule has 1 fully saturated rings. The molecule has 0 spiro atoms. The SMILES string of the molecule is CN(C)C(=O)COCC1Cc2c(ncn2C)CN1C1CCC1. The number of hydrogen-bond acceptors (Lipinski definition) is 4. The van der Waals surface area contributed by atoms with Crippen molar-refractivity contribution in [2.45, 2.75) is 44.3 Å². The Balaban J connectivity index is 1.64. The third-order valence-corrected chi connectivity index (χ3v) is 4.95. The summed E-state index contributed by atoms with van der Waals surface area (Å²) in [6.07, 6.45) is 6.73. The number of amides is 1. The van der Waals surface area contributed by atoms with Crippen molar-refractivity contribution in [3.63, 3.8) is 0 Å². The first kappa shape index (κ1) is 15.5. The van der Waals surface area contributed by atoms with Gasteiger partial charge >= 0.3 is 0 Å². The molecule has 6 heteroatoms. The van der Waals surface area contributed by atoms with Crippen molar-refractivity contribution < 1.29 is 9.53 Å². The van der Waals surface area contributed by atoms with Crippen molar-refractivity contribution >= 4 is 5.91 Å². The molecular formula is C16H26N4O2. The van der Waals surface area contributed by atoms with Crippen LogP contribution >= 0.6 is 0 Å². The van der Waals surface area contributed by atoms with Gasteiger partial charge in [-0.05, 0) is 12.8 Å². The zero-order valence-corrected chi connectivity index (χ0v) is 13.8. The van der Waals surface area contributed by atoms with Crippen LogP contribution in [0.5, 0.6) is 0 Å². The van der Waals surface area contributed by atoms with E-state index < -0.39 is 0 Å². The Labute approximate surface area is 132 Å². The molecule has 3 rings (SSSR count). The van der Waals surface area contributed by atoms with E-state index in [2.05, 4.69) is 21.5 Å². The van der Waals surface area contributed by atoms with Crippen LogP contribution in [0.4, 0.5) is 0 Å². The molecule has 122 valence electrons. The van der Waals surface area contributed by atoms with Crippen LogP contribution < -0.4 is 0 Å². The Morgan fingerprint density at radius 3 is 2.86 bits per heavy atom. The molecule has 2 heterocycles. The molecule has 0 N–H and O–H groups in total. The van der Waals surface area contributed by atoms with Crippen molar-refractivity contribution in [1.82, 2.24) is 19.4 Å². The van der Waals surface area contributed by atoms with Gasteiger partial charge in [0.15, 0.2) is 0 Å². The number of nitrogens with zero attached hydrogens (tertiary/aromatic N) is 4. The fraction of sp³-hybridized carbons (Fsp3) is 0.750. The van der Waals surface area contributed by atoms with Crippen molar-refractivity contribution in [3.05, 3.63) is 17.7 Å². The fourth-order valence-electron chi connectivity index (χ4n) is 3.25. The maximum Gasteiger partial charge on any atom is 0.248 e. The Kier molecular flexibility index (Phi) is 4.49. The number of hydrogen-bond donors (Lipinski definition) is 0. The van der Waals surface area contributed by atoms with Crippen molar-refractivity contribution in [2.24, 2.45) is 7.05 Å². The summed E-state index contributed by atoms with van der Waals surface area (Å²) < 4.78 is 7.83. The summed E-state index contributed by atoms with van der Waals surface area (Å²) in [4.78, 5) is 20.3. The van der Waals surface area contributed by atoms with E-state index >= 15 is 0 Å². The Morgan fingerprint density at radius 2 is 2.23 bits per heavy atom. The van der Waals surface area contributed by atoms with Gasteiger partial charge in [0.1, 0.15) is 6.61 Å². The van der Waals surface area contributed by atoms with Crippen LogP contribution in [0.3, 0.4) is 0 Å². The van der Waals surface area contributed by atoms with Crippen molar-refractivity contribution in [2.75, 3.05) is 27.3 Å². The molecule has 22 heavy (non-hydrogen) atoms. The average molecular weight is 306 g/mol. The summed E-state index contributed by atoms with van der Waals surface area (Å²) in [5.74, 6) is 0.0206. The third-order valence-electron chi connectivity index (χ3n) is 4.95. The number of carbonyl (C=O) groups excluding carboxylic acids is 1. The predicted molar refractivity (Wildman–Crippen MR) is 83.4 cm³/mol. The lowest BCUT2D eigenvalue weighted by atomic mass is 9.88. The first-order chi connectivity index (χ1) is 10.6. The summed E-state index contributed by atoms with van der Waals surface area (Å²) in [7, 11) is 5.57. The number of rotatable bonds is 5. The summed E-state index contributed by atoms with van der Waals surface area (Å²) >= 11 is 0. The van der Waals surface area contributed by atoms with Crippen molar-refractivity contribution in [3.8, 4) is 0 Å². The lowest BCUT2D eigenvalue weighted by Crippen LogP contribution is -2.51. The van der Waals surface area contributed by atoms with Crippen LogP contribution in [0.2, 0.25) is 0 Å². The molecule has 1 aromatic heterocycles. The second kappa shape index (κ2) is 6.38. The van der Waals surface area contributed by atoms with E-state index in [1.807, 2.05) is 6.33 Å². The molecule has 0 bridgehead atoms. The number of fused-ring (bicyclic) bond motifs is 1. The van der Waals surface area contributed by atoms with E-state index in [0.717, 1.165) is 13.0 Å². The molecule has 1 atom stereocenters. The summed E-state index contributed by atoms with van der Waals surface area (Å²) in [6, 6.07) is 1.01. The number of carbonyl (C=O) groups is 1. The van der Waals surface area contributed by atoms with Crippen LogP contribution in [0.1, 0.15) is 30.7 Å². The molecule has 1 saturated carbocycles. The highest BCUT2D eigenvalue weighted by Crippen LogP contribution is 2.32. The molecule has 1 aromatic rings. The van der Waals surface area contributed by atoms with Crippen LogP contribution in [-0.4, -0.2) is 64.7 Å². The van der Waals surface area contributed by atoms with Gasteiger partial charge in [0, 0.05) is 51.9 Å². The van der Waals surface area contributed by atoms with Crippen LogP contribution in [0.15, 0.2) is 6.33 Å². The summed E-state index contributed by atoms with van der Waals surface area (Å²) in [5, 5.41) is 0. The van der Waals surface area contributed by atoms with Crippen LogP contribution in [0.25, 0.3) is 0 Å². The topological polar surface area (TPSA) is 50.6 Å². The molecule has 6 nitrogen and oxygen atoms in total. The molecule has 1 amide bonds. The molecule has 0 radical (unpaired) electrons. The number of imidazole rings is 1. The first-order valence-corrected chi connectivity index (χ1v) is 8.09. The van der Waals surface area contributed by atoms with E-state index in [1.54, 1.807) is 19.0 Å². The normalized spacial score (nSPS) is 22.2. The van der Waals surface area contributed by atoms with Crippen molar-refractivity contribution in [1.29, 1.82) is 0 Å². The summed E-state index contributed by atoms with van der Waals surface area (Å²) in [5.41, 5.74) is 2.51. The van der Waals surface area contributed by atoms with E-state index in [4.69, 9.17) is 4.74 Å². The molecule has 0 saturated heterocycles. The van der Waals surface area contributed by atoms with Crippen LogP contribution in [0, 0.1) is 0 Å². The van der Waals surface area contributed by atoms with Gasteiger partial charge in [-0.1, -0.05) is 6.42 Å². The highest BCUT2D eigenvalue weighted by Gasteiger charge is 2.36. The molecule has 1 aliphatic carbocycles. The number of aryl methyl sites for hydroxylation is 1. The van der Waals surface area contributed by atoms with Gasteiger partial charge in [0.25, 0.3) is 0 Å². The lowest BCUT2D eigenvalue weighted by molar-refractivity contribution is -0.134. The lowest BCUT2D eigenvalue weighted by Gasteiger charge is -2.44. The van der Waals surface area contributed by atoms with Gasteiger partial charge < -0.3 is 14.2 Å². The number of ether oxygens (including phenoxy) is 1. The molecule has 1 unspecified atom stereocenters. The van der Waals surface area contributed by atoms with E-state index in [9.17, 15) is 4.79 Å². The molecular weight excluding hydrogens is 280 g/mol. The minimum Gasteiger partial charge on any atom is -0.370 e. The fourth-order valence-corrected chi connectivity index (χ4v) is 3.25. The van der Waals surface area contributed by atoms with Crippen LogP contribution in [-0.2, 0) is 29.5 Å².